The molecule has 0 saturated heterocycles. The quantitative estimate of drug-likeness (QED) is 0.841. The van der Waals surface area contributed by atoms with Crippen molar-refractivity contribution in [2.24, 2.45) is 0 Å². The van der Waals surface area contributed by atoms with Gasteiger partial charge in [-0.05, 0) is 53.1 Å². The number of carbonyl (C=O) groups excluding carboxylic acids is 1. The summed E-state index contributed by atoms with van der Waals surface area (Å²) in [5.74, 6) is -0.141. The van der Waals surface area contributed by atoms with E-state index < -0.39 is 0 Å². The van der Waals surface area contributed by atoms with Crippen LogP contribution in [0.3, 0.4) is 0 Å². The van der Waals surface area contributed by atoms with Crippen LogP contribution in [0, 0.1) is 13.8 Å². The highest BCUT2D eigenvalue weighted by atomic mass is 16.3. The van der Waals surface area contributed by atoms with Crippen molar-refractivity contribution in [3.05, 3.63) is 70.3 Å². The highest BCUT2D eigenvalue weighted by Crippen LogP contribution is 2.30. The summed E-state index contributed by atoms with van der Waals surface area (Å²) in [5.41, 5.74) is 5.97. The lowest BCUT2D eigenvalue weighted by Gasteiger charge is -2.26. The van der Waals surface area contributed by atoms with Crippen molar-refractivity contribution in [1.29, 1.82) is 0 Å². The largest absolute Gasteiger partial charge is 0.392 e. The third kappa shape index (κ3) is 3.73. The molecule has 0 bridgehead atoms. The van der Waals surface area contributed by atoms with E-state index in [1.165, 1.54) is 0 Å². The first-order valence-electron chi connectivity index (χ1n) is 8.86. The highest BCUT2D eigenvalue weighted by molar-refractivity contribution is 6.09. The Morgan fingerprint density at radius 2 is 1.88 bits per heavy atom. The fraction of sp³-hybridized carbons (Fsp3) is 0.348. The van der Waals surface area contributed by atoms with Crippen LogP contribution in [0.15, 0.2) is 36.9 Å². The zero-order valence-corrected chi connectivity index (χ0v) is 16.7. The molecule has 2 rings (SSSR count). The van der Waals surface area contributed by atoms with Crippen molar-refractivity contribution in [1.82, 2.24) is 0 Å². The molecule has 0 heterocycles. The highest BCUT2D eigenvalue weighted by Gasteiger charge is 2.24. The molecule has 0 aromatic heterocycles. The van der Waals surface area contributed by atoms with Gasteiger partial charge in [-0.15, -0.1) is 0 Å². The van der Waals surface area contributed by atoms with Gasteiger partial charge in [0.25, 0.3) is 5.91 Å². The number of amides is 1. The summed E-state index contributed by atoms with van der Waals surface area (Å²) in [5, 5.41) is 9.92. The van der Waals surface area contributed by atoms with Crippen molar-refractivity contribution in [2.45, 2.75) is 46.6 Å². The Kier molecular flexibility index (Phi) is 5.72. The number of nitrogens with zero attached hydrogens (tertiary/aromatic N) is 1. The molecular weight excluding hydrogens is 322 g/mol. The Hall–Kier alpha value is -2.39. The van der Waals surface area contributed by atoms with E-state index in [0.29, 0.717) is 11.1 Å². The summed E-state index contributed by atoms with van der Waals surface area (Å²) >= 11 is 0. The lowest BCUT2D eigenvalue weighted by molar-refractivity contribution is 0.0989. The molecule has 3 nitrogen and oxygen atoms in total. The predicted octanol–water partition coefficient (Wildman–Crippen LogP) is 5.01. The lowest BCUT2D eigenvalue weighted by atomic mass is 9.83. The van der Waals surface area contributed by atoms with E-state index in [1.807, 2.05) is 44.2 Å². The van der Waals surface area contributed by atoms with E-state index in [0.717, 1.165) is 27.9 Å². The molecule has 0 aliphatic rings. The van der Waals surface area contributed by atoms with E-state index in [-0.39, 0.29) is 17.9 Å². The van der Waals surface area contributed by atoms with Crippen LogP contribution < -0.4 is 4.90 Å². The molecule has 0 unspecified atom stereocenters. The van der Waals surface area contributed by atoms with E-state index in [2.05, 4.69) is 27.4 Å². The molecule has 0 radical (unpaired) electrons. The number of aliphatic hydroxyl groups is 1. The summed E-state index contributed by atoms with van der Waals surface area (Å²) in [7, 11) is 1.77. The van der Waals surface area contributed by atoms with Crippen LogP contribution in [-0.2, 0) is 12.0 Å². The topological polar surface area (TPSA) is 40.5 Å². The zero-order chi connectivity index (χ0) is 19.6. The van der Waals surface area contributed by atoms with Crippen molar-refractivity contribution in [3.63, 3.8) is 0 Å². The minimum atomic E-state index is -0.188. The first-order chi connectivity index (χ1) is 12.1. The average molecular weight is 351 g/mol. The SMILES string of the molecule is C=Cc1cc(C(C)(C)C)cc(CO)c1C(=O)N(C)c1cccc(C)c1C. The number of aryl methyl sites for hydroxylation is 1. The molecule has 0 saturated carbocycles. The number of rotatable bonds is 4. The van der Waals surface area contributed by atoms with Crippen molar-refractivity contribution in [3.8, 4) is 0 Å². The van der Waals surface area contributed by atoms with Gasteiger partial charge in [-0.25, -0.2) is 0 Å². The van der Waals surface area contributed by atoms with Crippen LogP contribution in [0.1, 0.15) is 58.9 Å². The van der Waals surface area contributed by atoms with Gasteiger partial charge >= 0.3 is 0 Å². The Morgan fingerprint density at radius 1 is 1.23 bits per heavy atom. The summed E-state index contributed by atoms with van der Waals surface area (Å²) in [6, 6.07) is 9.85. The number of hydrogen-bond donors (Lipinski definition) is 1. The van der Waals surface area contributed by atoms with Crippen LogP contribution in [0.4, 0.5) is 5.69 Å². The minimum Gasteiger partial charge on any atom is -0.392 e. The zero-order valence-electron chi connectivity index (χ0n) is 16.7. The molecule has 138 valence electrons. The third-order valence-corrected chi connectivity index (χ3v) is 4.96. The Balaban J connectivity index is 2.61. The Morgan fingerprint density at radius 3 is 2.42 bits per heavy atom. The smallest absolute Gasteiger partial charge is 0.258 e. The molecule has 1 amide bonds. The first kappa shape index (κ1) is 19.9. The molecule has 1 N–H and O–H groups in total. The van der Waals surface area contributed by atoms with Crippen molar-refractivity contribution in [2.75, 3.05) is 11.9 Å². The second-order valence-corrected chi connectivity index (χ2v) is 7.80. The van der Waals surface area contributed by atoms with Gasteiger partial charge in [0.2, 0.25) is 0 Å². The standard InChI is InChI=1S/C23H29NO2/c1-8-17-12-19(23(4,5)6)13-18(14-25)21(17)22(26)24(7)20-11-9-10-15(2)16(20)3/h8-13,25H,1,14H2,2-7H3. The van der Waals surface area contributed by atoms with Crippen LogP contribution in [0.5, 0.6) is 0 Å². The van der Waals surface area contributed by atoms with Gasteiger partial charge in [0.15, 0.2) is 0 Å². The van der Waals surface area contributed by atoms with Gasteiger partial charge in [-0.3, -0.25) is 4.79 Å². The third-order valence-electron chi connectivity index (χ3n) is 4.96. The van der Waals surface area contributed by atoms with E-state index in [9.17, 15) is 9.90 Å². The molecular formula is C23H29NO2. The average Bonchev–Trinajstić information content (AvgIpc) is 2.60. The molecule has 0 aliphatic carbocycles. The monoisotopic (exact) mass is 351 g/mol. The molecule has 2 aromatic rings. The number of carbonyl (C=O) groups is 1. The maximum absolute atomic E-state index is 13.3. The molecule has 2 aromatic carbocycles. The van der Waals surface area contributed by atoms with Gasteiger partial charge in [-0.2, -0.15) is 0 Å². The fourth-order valence-corrected chi connectivity index (χ4v) is 3.08. The molecule has 0 spiro atoms. The summed E-state index contributed by atoms with van der Waals surface area (Å²) in [6.07, 6.45) is 1.69. The van der Waals surface area contributed by atoms with Gasteiger partial charge in [0.05, 0.1) is 12.2 Å². The molecule has 0 fully saturated rings. The predicted molar refractivity (Wildman–Crippen MR) is 110 cm³/mol. The summed E-state index contributed by atoms with van der Waals surface area (Å²) in [4.78, 5) is 14.9. The number of anilines is 1. The van der Waals surface area contributed by atoms with Gasteiger partial charge in [0, 0.05) is 12.7 Å². The summed E-state index contributed by atoms with van der Waals surface area (Å²) < 4.78 is 0. The van der Waals surface area contributed by atoms with E-state index in [4.69, 9.17) is 0 Å². The van der Waals surface area contributed by atoms with Crippen LogP contribution in [0.2, 0.25) is 0 Å². The molecule has 3 heteroatoms. The van der Waals surface area contributed by atoms with Crippen LogP contribution in [0.25, 0.3) is 6.08 Å². The second kappa shape index (κ2) is 7.46. The van der Waals surface area contributed by atoms with Gasteiger partial charge in [-0.1, -0.05) is 57.7 Å². The lowest BCUT2D eigenvalue weighted by Crippen LogP contribution is -2.29. The number of benzene rings is 2. The van der Waals surface area contributed by atoms with Crippen LogP contribution in [-0.4, -0.2) is 18.1 Å². The summed E-state index contributed by atoms with van der Waals surface area (Å²) in [6.45, 7) is 14.1. The second-order valence-electron chi connectivity index (χ2n) is 7.80. The first-order valence-corrected chi connectivity index (χ1v) is 8.86. The van der Waals surface area contributed by atoms with E-state index in [1.54, 1.807) is 18.0 Å². The van der Waals surface area contributed by atoms with Crippen LogP contribution >= 0.6 is 0 Å². The number of aliphatic hydroxyl groups excluding tert-OH is 1. The van der Waals surface area contributed by atoms with E-state index >= 15 is 0 Å². The van der Waals surface area contributed by atoms with Gasteiger partial charge < -0.3 is 10.0 Å². The van der Waals surface area contributed by atoms with Gasteiger partial charge in [0.1, 0.15) is 0 Å². The number of hydrogen-bond acceptors (Lipinski definition) is 2. The normalized spacial score (nSPS) is 11.3. The fourth-order valence-electron chi connectivity index (χ4n) is 3.08. The minimum absolute atomic E-state index is 0.0811. The van der Waals surface area contributed by atoms with Crippen molar-refractivity contribution >= 4 is 17.7 Å². The molecule has 0 atom stereocenters. The Bertz CT molecular complexity index is 844. The maximum Gasteiger partial charge on any atom is 0.258 e. The molecule has 26 heavy (non-hydrogen) atoms. The maximum atomic E-state index is 13.3. The molecule has 0 aliphatic heterocycles. The van der Waals surface area contributed by atoms with Crippen molar-refractivity contribution < 1.29 is 9.90 Å². The Labute approximate surface area is 157 Å².